The summed E-state index contributed by atoms with van der Waals surface area (Å²) >= 11 is 0. The molecule has 0 aliphatic carbocycles. The maximum atomic E-state index is 12.3. The number of benzene rings is 1. The molecule has 0 aromatic heterocycles. The molecule has 0 saturated carbocycles. The monoisotopic (exact) mass is 250 g/mol. The van der Waals surface area contributed by atoms with Crippen molar-refractivity contribution >= 4 is 11.6 Å². The smallest absolute Gasteiger partial charge is 0.253 e. The van der Waals surface area contributed by atoms with Crippen molar-refractivity contribution in [1.29, 1.82) is 0 Å². The van der Waals surface area contributed by atoms with Crippen LogP contribution in [-0.4, -0.2) is 31.0 Å². The van der Waals surface area contributed by atoms with Gasteiger partial charge < -0.3 is 15.4 Å². The minimum Gasteiger partial charge on any atom is -0.495 e. The highest BCUT2D eigenvalue weighted by Gasteiger charge is 2.20. The number of carbonyl (C=O) groups is 1. The lowest BCUT2D eigenvalue weighted by atomic mass is 10.0. The number of anilines is 1. The second-order valence-corrected chi connectivity index (χ2v) is 4.86. The minimum absolute atomic E-state index is 0.0226. The number of amides is 1. The van der Waals surface area contributed by atoms with E-state index in [0.29, 0.717) is 22.9 Å². The van der Waals surface area contributed by atoms with Gasteiger partial charge in [-0.1, -0.05) is 13.8 Å². The fourth-order valence-electron chi connectivity index (χ4n) is 1.70. The summed E-state index contributed by atoms with van der Waals surface area (Å²) < 4.78 is 5.08. The number of nitrogens with zero attached hydrogens (tertiary/aromatic N) is 1. The van der Waals surface area contributed by atoms with Gasteiger partial charge in [0, 0.05) is 18.7 Å². The Hall–Kier alpha value is -1.71. The molecular weight excluding hydrogens is 228 g/mol. The Morgan fingerprint density at radius 1 is 1.33 bits per heavy atom. The van der Waals surface area contributed by atoms with Crippen LogP contribution in [0.4, 0.5) is 5.69 Å². The van der Waals surface area contributed by atoms with Gasteiger partial charge in [0.2, 0.25) is 0 Å². The average Bonchev–Trinajstić information content (AvgIpc) is 2.35. The van der Waals surface area contributed by atoms with Gasteiger partial charge in [0.05, 0.1) is 12.8 Å². The summed E-state index contributed by atoms with van der Waals surface area (Å²) in [5.41, 5.74) is 6.88. The Balaban J connectivity index is 2.94. The van der Waals surface area contributed by atoms with E-state index < -0.39 is 0 Å². The van der Waals surface area contributed by atoms with Crippen molar-refractivity contribution < 1.29 is 9.53 Å². The zero-order chi connectivity index (χ0) is 13.9. The first-order chi connectivity index (χ1) is 8.38. The predicted octanol–water partition coefficient (Wildman–Crippen LogP) is 2.39. The molecular formula is C14H22N2O2. The molecule has 100 valence electrons. The van der Waals surface area contributed by atoms with Crippen LogP contribution in [0.3, 0.4) is 0 Å². The van der Waals surface area contributed by atoms with E-state index >= 15 is 0 Å². The molecule has 0 radical (unpaired) electrons. The van der Waals surface area contributed by atoms with Crippen molar-refractivity contribution in [2.45, 2.75) is 26.8 Å². The molecule has 1 atom stereocenters. The normalized spacial score (nSPS) is 12.3. The molecule has 0 saturated heterocycles. The molecule has 1 aromatic carbocycles. The van der Waals surface area contributed by atoms with Gasteiger partial charge in [-0.25, -0.2) is 0 Å². The summed E-state index contributed by atoms with van der Waals surface area (Å²) in [5.74, 6) is 0.978. The number of methoxy groups -OCH3 is 1. The van der Waals surface area contributed by atoms with E-state index in [0.717, 1.165) is 0 Å². The molecule has 1 rings (SSSR count). The topological polar surface area (TPSA) is 55.6 Å². The first kappa shape index (κ1) is 14.4. The molecule has 0 fully saturated rings. The van der Waals surface area contributed by atoms with Gasteiger partial charge in [-0.05, 0) is 31.0 Å². The van der Waals surface area contributed by atoms with Gasteiger partial charge in [0.1, 0.15) is 5.75 Å². The van der Waals surface area contributed by atoms with Crippen molar-refractivity contribution in [3.05, 3.63) is 23.8 Å². The number of hydrogen-bond donors (Lipinski definition) is 1. The molecule has 0 aliphatic heterocycles. The van der Waals surface area contributed by atoms with Crippen LogP contribution in [0, 0.1) is 5.92 Å². The highest BCUT2D eigenvalue weighted by atomic mass is 16.5. The molecule has 4 nitrogen and oxygen atoms in total. The van der Waals surface area contributed by atoms with E-state index in [1.807, 2.05) is 14.0 Å². The minimum atomic E-state index is -0.0226. The third kappa shape index (κ3) is 2.94. The van der Waals surface area contributed by atoms with Crippen LogP contribution in [0.2, 0.25) is 0 Å². The molecule has 0 heterocycles. The average molecular weight is 250 g/mol. The van der Waals surface area contributed by atoms with Gasteiger partial charge in [-0.3, -0.25) is 4.79 Å². The van der Waals surface area contributed by atoms with Crippen LogP contribution >= 0.6 is 0 Å². The van der Waals surface area contributed by atoms with Gasteiger partial charge in [-0.2, -0.15) is 0 Å². The summed E-state index contributed by atoms with van der Waals surface area (Å²) in [5, 5.41) is 0. The van der Waals surface area contributed by atoms with E-state index in [-0.39, 0.29) is 11.9 Å². The van der Waals surface area contributed by atoms with Gasteiger partial charge in [0.25, 0.3) is 5.91 Å². The Kier molecular flexibility index (Phi) is 4.59. The maximum Gasteiger partial charge on any atom is 0.253 e. The molecule has 18 heavy (non-hydrogen) atoms. The number of nitrogen functional groups attached to an aromatic ring is 1. The van der Waals surface area contributed by atoms with Crippen molar-refractivity contribution in [3.8, 4) is 5.75 Å². The summed E-state index contributed by atoms with van der Waals surface area (Å²) in [6, 6.07) is 5.29. The van der Waals surface area contributed by atoms with E-state index in [1.165, 1.54) is 0 Å². The van der Waals surface area contributed by atoms with Crippen LogP contribution in [0.1, 0.15) is 31.1 Å². The number of rotatable bonds is 4. The Morgan fingerprint density at radius 3 is 2.39 bits per heavy atom. The number of carbonyl (C=O) groups excluding carboxylic acids is 1. The second-order valence-electron chi connectivity index (χ2n) is 4.86. The van der Waals surface area contributed by atoms with Crippen molar-refractivity contribution in [1.82, 2.24) is 4.90 Å². The Labute approximate surface area is 109 Å². The van der Waals surface area contributed by atoms with Crippen LogP contribution in [0.25, 0.3) is 0 Å². The Bertz CT molecular complexity index is 430. The maximum absolute atomic E-state index is 12.3. The lowest BCUT2D eigenvalue weighted by Gasteiger charge is -2.28. The largest absolute Gasteiger partial charge is 0.495 e. The zero-order valence-corrected chi connectivity index (χ0v) is 11.7. The van der Waals surface area contributed by atoms with Crippen LogP contribution in [0.15, 0.2) is 18.2 Å². The van der Waals surface area contributed by atoms with E-state index in [2.05, 4.69) is 13.8 Å². The van der Waals surface area contributed by atoms with Crippen molar-refractivity contribution in [2.24, 2.45) is 5.92 Å². The van der Waals surface area contributed by atoms with Crippen LogP contribution < -0.4 is 10.5 Å². The second kappa shape index (κ2) is 5.76. The number of hydrogen-bond acceptors (Lipinski definition) is 3. The molecule has 0 spiro atoms. The number of nitrogens with two attached hydrogens (primary N) is 1. The number of ether oxygens (including phenoxy) is 1. The zero-order valence-electron chi connectivity index (χ0n) is 11.7. The SMILES string of the molecule is COc1ccc(C(=O)N(C)C(C)C(C)C)cc1N. The molecule has 4 heteroatoms. The summed E-state index contributed by atoms with van der Waals surface area (Å²) in [6.45, 7) is 6.23. The highest BCUT2D eigenvalue weighted by Crippen LogP contribution is 2.23. The van der Waals surface area contributed by atoms with Crippen LogP contribution in [-0.2, 0) is 0 Å². The van der Waals surface area contributed by atoms with Crippen molar-refractivity contribution in [2.75, 3.05) is 19.9 Å². The fraction of sp³-hybridized carbons (Fsp3) is 0.500. The summed E-state index contributed by atoms with van der Waals surface area (Å²) in [4.78, 5) is 14.0. The predicted molar refractivity (Wildman–Crippen MR) is 73.8 cm³/mol. The molecule has 0 bridgehead atoms. The fourth-order valence-corrected chi connectivity index (χ4v) is 1.70. The van der Waals surface area contributed by atoms with Gasteiger partial charge >= 0.3 is 0 Å². The summed E-state index contributed by atoms with van der Waals surface area (Å²) in [7, 11) is 3.37. The lowest BCUT2D eigenvalue weighted by Crippen LogP contribution is -2.38. The van der Waals surface area contributed by atoms with E-state index in [4.69, 9.17) is 10.5 Å². The first-order valence-electron chi connectivity index (χ1n) is 6.09. The highest BCUT2D eigenvalue weighted by molar-refractivity contribution is 5.95. The first-order valence-corrected chi connectivity index (χ1v) is 6.09. The standard InChI is InChI=1S/C14H22N2O2/c1-9(2)10(3)16(4)14(17)11-6-7-13(18-5)12(15)8-11/h6-10H,15H2,1-5H3. The molecule has 2 N–H and O–H groups in total. The van der Waals surface area contributed by atoms with Crippen molar-refractivity contribution in [3.63, 3.8) is 0 Å². The molecule has 1 unspecified atom stereocenters. The van der Waals surface area contributed by atoms with Gasteiger partial charge in [-0.15, -0.1) is 0 Å². The molecule has 1 aromatic rings. The molecule has 0 aliphatic rings. The third-order valence-corrected chi connectivity index (χ3v) is 3.37. The quantitative estimate of drug-likeness (QED) is 0.835. The van der Waals surface area contributed by atoms with Crippen LogP contribution in [0.5, 0.6) is 5.75 Å². The third-order valence-electron chi connectivity index (χ3n) is 3.37. The van der Waals surface area contributed by atoms with E-state index in [9.17, 15) is 4.79 Å². The summed E-state index contributed by atoms with van der Waals surface area (Å²) in [6.07, 6.45) is 0. The van der Waals surface area contributed by atoms with Gasteiger partial charge in [0.15, 0.2) is 0 Å². The van der Waals surface area contributed by atoms with E-state index in [1.54, 1.807) is 30.2 Å². The Morgan fingerprint density at radius 2 is 1.94 bits per heavy atom. The molecule has 1 amide bonds. The lowest BCUT2D eigenvalue weighted by molar-refractivity contribution is 0.0707.